The van der Waals surface area contributed by atoms with Crippen LogP contribution in [0.5, 0.6) is 0 Å². The number of carbonyl (C=O) groups is 1. The molecule has 0 amide bonds. The summed E-state index contributed by atoms with van der Waals surface area (Å²) in [6.07, 6.45) is 7.02. The zero-order chi connectivity index (χ0) is 17.6. The van der Waals surface area contributed by atoms with Crippen molar-refractivity contribution in [3.05, 3.63) is 12.7 Å². The van der Waals surface area contributed by atoms with E-state index in [1.54, 1.807) is 0 Å². The van der Waals surface area contributed by atoms with Crippen molar-refractivity contribution in [2.45, 2.75) is 72.3 Å². The molecule has 0 fully saturated rings. The summed E-state index contributed by atoms with van der Waals surface area (Å²) in [4.78, 5) is 11.4. The molecule has 0 rings (SSSR count). The van der Waals surface area contributed by atoms with Gasteiger partial charge in [-0.2, -0.15) is 0 Å². The van der Waals surface area contributed by atoms with Crippen LogP contribution in [0.3, 0.4) is 0 Å². The average molecular weight is 347 g/mol. The van der Waals surface area contributed by atoms with E-state index < -0.39 is 14.8 Å². The minimum atomic E-state index is -3.04. The Labute approximate surface area is 142 Å². The Bertz CT molecular complexity index is 312. The molecule has 0 bridgehead atoms. The summed E-state index contributed by atoms with van der Waals surface area (Å²) in [6, 6.07) is 0. The maximum atomic E-state index is 11.4. The Hall–Kier alpha value is -0.693. The molecule has 0 saturated heterocycles. The predicted octanol–water partition coefficient (Wildman–Crippen LogP) is 4.03. The number of ether oxygens (including phenoxy) is 1. The second-order valence-corrected chi connectivity index (χ2v) is 8.08. The van der Waals surface area contributed by atoms with Gasteiger partial charge in [0.15, 0.2) is 6.23 Å². The van der Waals surface area contributed by atoms with Gasteiger partial charge in [-0.1, -0.05) is 46.6 Å². The van der Waals surface area contributed by atoms with Gasteiger partial charge in [0.1, 0.15) is 0 Å². The van der Waals surface area contributed by atoms with Crippen molar-refractivity contribution in [3.8, 4) is 0 Å². The Morgan fingerprint density at radius 2 is 1.65 bits per heavy atom. The summed E-state index contributed by atoms with van der Waals surface area (Å²) in [7, 11) is -3.04. The fourth-order valence-electron chi connectivity index (χ4n) is 1.96. The van der Waals surface area contributed by atoms with Crippen LogP contribution in [0.1, 0.15) is 66.2 Å². The topological polar surface area (TPSA) is 54.0 Å². The molecular formula is C17H34O5Si. The molecule has 0 aromatic rings. The normalized spacial score (nSPS) is 12.9. The molecule has 1 unspecified atom stereocenters. The molecule has 0 aromatic heterocycles. The largest absolute Gasteiger partial charge is 0.541 e. The zero-order valence-corrected chi connectivity index (χ0v) is 16.3. The lowest BCUT2D eigenvalue weighted by Crippen LogP contribution is -2.53. The van der Waals surface area contributed by atoms with Gasteiger partial charge in [0.2, 0.25) is 0 Å². The summed E-state index contributed by atoms with van der Waals surface area (Å²) in [5, 5.41) is 0. The first-order valence-corrected chi connectivity index (χ1v) is 10.7. The number of hydrogen-bond donors (Lipinski definition) is 0. The fraction of sp³-hybridized carbons (Fsp3) is 0.824. The first-order valence-electron chi connectivity index (χ1n) is 8.78. The Morgan fingerprint density at radius 3 is 2.09 bits per heavy atom. The van der Waals surface area contributed by atoms with Crippen LogP contribution < -0.4 is 0 Å². The van der Waals surface area contributed by atoms with Gasteiger partial charge in [0, 0.05) is 25.4 Å². The molecule has 0 N–H and O–H groups in total. The molecule has 0 spiro atoms. The van der Waals surface area contributed by atoms with E-state index >= 15 is 0 Å². The zero-order valence-electron chi connectivity index (χ0n) is 15.3. The molecule has 0 heterocycles. The van der Waals surface area contributed by atoms with Gasteiger partial charge in [0.05, 0.1) is 0 Å². The summed E-state index contributed by atoms with van der Waals surface area (Å²) < 4.78 is 23.4. The van der Waals surface area contributed by atoms with Crippen molar-refractivity contribution in [1.82, 2.24) is 0 Å². The van der Waals surface area contributed by atoms with E-state index in [9.17, 15) is 4.79 Å². The summed E-state index contributed by atoms with van der Waals surface area (Å²) in [5.74, 6) is -0.480. The number of unbranched alkanes of at least 4 members (excludes halogenated alkanes) is 2. The van der Waals surface area contributed by atoms with Crippen LogP contribution >= 0.6 is 0 Å². The fourth-order valence-corrected chi connectivity index (χ4v) is 4.38. The van der Waals surface area contributed by atoms with Gasteiger partial charge >= 0.3 is 14.8 Å². The van der Waals surface area contributed by atoms with E-state index in [1.165, 1.54) is 0 Å². The van der Waals surface area contributed by atoms with Crippen LogP contribution in [-0.4, -0.2) is 40.3 Å². The molecule has 0 saturated carbocycles. The molecule has 0 aliphatic rings. The molecule has 0 aliphatic carbocycles. The number of esters is 1. The highest BCUT2D eigenvalue weighted by molar-refractivity contribution is 6.60. The quantitative estimate of drug-likeness (QED) is 0.194. The van der Waals surface area contributed by atoms with Crippen LogP contribution in [0.15, 0.2) is 12.7 Å². The van der Waals surface area contributed by atoms with E-state index in [0.29, 0.717) is 13.2 Å². The van der Waals surface area contributed by atoms with Gasteiger partial charge < -0.3 is 18.0 Å². The van der Waals surface area contributed by atoms with Gasteiger partial charge in [-0.15, -0.1) is 0 Å². The third-order valence-corrected chi connectivity index (χ3v) is 5.82. The van der Waals surface area contributed by atoms with Crippen LogP contribution in [0.25, 0.3) is 0 Å². The standard InChI is InChI=1S/C17H34O5Si/c1-6-10-13-20-23(21-14-11-7-2,15-19-17(18)9-4)22-16(5)12-8-3/h9,16H,4,6-8,10-15H2,1-3,5H3. The molecule has 1 atom stereocenters. The molecule has 0 aliphatic heterocycles. The van der Waals surface area contributed by atoms with Gasteiger partial charge in [-0.05, 0) is 26.2 Å². The Balaban J connectivity index is 4.96. The van der Waals surface area contributed by atoms with Gasteiger partial charge in [-0.3, -0.25) is 0 Å². The first kappa shape index (κ1) is 22.3. The third kappa shape index (κ3) is 10.7. The minimum Gasteiger partial charge on any atom is -0.458 e. The van der Waals surface area contributed by atoms with E-state index in [0.717, 1.165) is 44.6 Å². The second kappa shape index (κ2) is 13.7. The lowest BCUT2D eigenvalue weighted by molar-refractivity contribution is -0.138. The van der Waals surface area contributed by atoms with E-state index in [1.807, 2.05) is 6.92 Å². The molecule has 0 aromatic carbocycles. The van der Waals surface area contributed by atoms with Crippen molar-refractivity contribution < 1.29 is 22.8 Å². The monoisotopic (exact) mass is 346 g/mol. The van der Waals surface area contributed by atoms with Crippen molar-refractivity contribution >= 4 is 14.8 Å². The highest BCUT2D eigenvalue weighted by Gasteiger charge is 2.44. The van der Waals surface area contributed by atoms with Crippen molar-refractivity contribution in [3.63, 3.8) is 0 Å². The van der Waals surface area contributed by atoms with Gasteiger partial charge in [-0.25, -0.2) is 4.79 Å². The Kier molecular flexibility index (Phi) is 13.3. The average Bonchev–Trinajstić information content (AvgIpc) is 2.53. The SMILES string of the molecule is C=CC(=O)OC[Si](OCCCC)(OCCCC)OC(C)CCC. The van der Waals surface area contributed by atoms with E-state index in [2.05, 4.69) is 27.4 Å². The highest BCUT2D eigenvalue weighted by Crippen LogP contribution is 2.18. The summed E-state index contributed by atoms with van der Waals surface area (Å²) in [6.45, 7) is 12.8. The minimum absolute atomic E-state index is 0.0114. The molecule has 5 nitrogen and oxygen atoms in total. The van der Waals surface area contributed by atoms with Crippen molar-refractivity contribution in [2.24, 2.45) is 0 Å². The Morgan fingerprint density at radius 1 is 1.09 bits per heavy atom. The van der Waals surface area contributed by atoms with Crippen molar-refractivity contribution in [1.29, 1.82) is 0 Å². The van der Waals surface area contributed by atoms with Crippen LogP contribution in [0, 0.1) is 0 Å². The molecule has 6 heteroatoms. The second-order valence-electron chi connectivity index (χ2n) is 5.62. The third-order valence-electron chi connectivity index (χ3n) is 3.27. The van der Waals surface area contributed by atoms with Crippen LogP contribution in [0.4, 0.5) is 0 Å². The number of rotatable bonds is 15. The van der Waals surface area contributed by atoms with Crippen LogP contribution in [0.2, 0.25) is 0 Å². The molecule has 0 radical (unpaired) electrons. The van der Waals surface area contributed by atoms with E-state index in [4.69, 9.17) is 18.0 Å². The summed E-state index contributed by atoms with van der Waals surface area (Å²) in [5.41, 5.74) is 0. The maximum absolute atomic E-state index is 11.4. The number of hydrogen-bond acceptors (Lipinski definition) is 5. The molecule has 136 valence electrons. The van der Waals surface area contributed by atoms with Crippen LogP contribution in [-0.2, 0) is 22.8 Å². The highest BCUT2D eigenvalue weighted by atomic mass is 28.4. The van der Waals surface area contributed by atoms with Crippen molar-refractivity contribution in [2.75, 3.05) is 19.4 Å². The first-order chi connectivity index (χ1) is 11.0. The lowest BCUT2D eigenvalue weighted by atomic mass is 10.2. The maximum Gasteiger partial charge on any atom is 0.541 e. The summed E-state index contributed by atoms with van der Waals surface area (Å²) >= 11 is 0. The predicted molar refractivity (Wildman–Crippen MR) is 94.1 cm³/mol. The molecule has 23 heavy (non-hydrogen) atoms. The smallest absolute Gasteiger partial charge is 0.458 e. The lowest BCUT2D eigenvalue weighted by Gasteiger charge is -2.31. The number of carbonyl (C=O) groups excluding carboxylic acids is 1. The molecular weight excluding hydrogens is 312 g/mol. The van der Waals surface area contributed by atoms with E-state index in [-0.39, 0.29) is 12.3 Å². The van der Waals surface area contributed by atoms with Gasteiger partial charge in [0.25, 0.3) is 0 Å².